The van der Waals surface area contributed by atoms with Crippen LogP contribution in [0, 0.1) is 11.3 Å². The summed E-state index contributed by atoms with van der Waals surface area (Å²) in [4.78, 5) is 15.1. The summed E-state index contributed by atoms with van der Waals surface area (Å²) in [6.45, 7) is 3.23. The molecule has 0 radical (unpaired) electrons. The molecule has 29 heavy (non-hydrogen) atoms. The van der Waals surface area contributed by atoms with Crippen molar-refractivity contribution < 1.29 is 4.79 Å². The van der Waals surface area contributed by atoms with Crippen LogP contribution in [0.4, 0.5) is 5.69 Å². The fourth-order valence-electron chi connectivity index (χ4n) is 3.75. The number of fused-ring (bicyclic) bond motifs is 1. The Hall–Kier alpha value is -3.59. The fourth-order valence-corrected chi connectivity index (χ4v) is 3.75. The Morgan fingerprint density at radius 2 is 1.86 bits per heavy atom. The second-order valence-electron chi connectivity index (χ2n) is 7.06. The molecule has 1 aliphatic heterocycles. The third-order valence-electron chi connectivity index (χ3n) is 5.07. The number of aryl methyl sites for hydroxylation is 1. The van der Waals surface area contributed by atoms with Crippen LogP contribution >= 0.6 is 0 Å². The van der Waals surface area contributed by atoms with Gasteiger partial charge in [-0.1, -0.05) is 49.4 Å². The van der Waals surface area contributed by atoms with E-state index in [0.717, 1.165) is 28.9 Å². The molecule has 0 spiro atoms. The first kappa shape index (κ1) is 18.8. The van der Waals surface area contributed by atoms with Crippen molar-refractivity contribution in [1.82, 2.24) is 14.7 Å². The van der Waals surface area contributed by atoms with Crippen molar-refractivity contribution in [3.05, 3.63) is 71.9 Å². The number of nitrogens with zero attached hydrogens (tertiary/aromatic N) is 4. The number of para-hydroxylation sites is 1. The van der Waals surface area contributed by atoms with Gasteiger partial charge in [-0.3, -0.25) is 9.48 Å². The molecule has 4 rings (SSSR count). The summed E-state index contributed by atoms with van der Waals surface area (Å²) in [5.74, 6) is 0.0231. The Balaban J connectivity index is 1.82. The van der Waals surface area contributed by atoms with Crippen molar-refractivity contribution in [3.8, 4) is 17.3 Å². The zero-order valence-electron chi connectivity index (χ0n) is 16.4. The van der Waals surface area contributed by atoms with Crippen LogP contribution in [-0.2, 0) is 6.54 Å². The van der Waals surface area contributed by atoms with Crippen LogP contribution in [0.15, 0.2) is 60.8 Å². The molecule has 2 aromatic carbocycles. The molecule has 1 aliphatic rings. The summed E-state index contributed by atoms with van der Waals surface area (Å²) < 4.78 is 1.80. The molecule has 6 nitrogen and oxygen atoms in total. The van der Waals surface area contributed by atoms with E-state index in [2.05, 4.69) is 18.3 Å². The molecule has 0 saturated heterocycles. The average molecular weight is 385 g/mol. The van der Waals surface area contributed by atoms with Gasteiger partial charge in [0.1, 0.15) is 6.17 Å². The van der Waals surface area contributed by atoms with Crippen LogP contribution < -0.4 is 5.32 Å². The van der Waals surface area contributed by atoms with E-state index in [-0.39, 0.29) is 12.1 Å². The van der Waals surface area contributed by atoms with Gasteiger partial charge >= 0.3 is 0 Å². The normalized spacial score (nSPS) is 15.5. The Morgan fingerprint density at radius 1 is 1.10 bits per heavy atom. The number of aromatic nitrogens is 2. The largest absolute Gasteiger partial charge is 0.361 e. The summed E-state index contributed by atoms with van der Waals surface area (Å²) in [6, 6.07) is 19.7. The molecular formula is C23H23N5O. The highest BCUT2D eigenvalue weighted by Crippen LogP contribution is 2.37. The van der Waals surface area contributed by atoms with E-state index >= 15 is 0 Å². The number of carbonyl (C=O) groups excluding carboxylic acids is 1. The maximum atomic E-state index is 13.2. The van der Waals surface area contributed by atoms with Gasteiger partial charge in [0.05, 0.1) is 30.3 Å². The highest BCUT2D eigenvalue weighted by molar-refractivity contribution is 6.01. The van der Waals surface area contributed by atoms with Crippen molar-refractivity contribution in [1.29, 1.82) is 5.26 Å². The van der Waals surface area contributed by atoms with Gasteiger partial charge in [-0.25, -0.2) is 0 Å². The number of amides is 1. The van der Waals surface area contributed by atoms with Gasteiger partial charge in [0.15, 0.2) is 0 Å². The quantitative estimate of drug-likeness (QED) is 0.681. The molecule has 0 bridgehead atoms. The van der Waals surface area contributed by atoms with Gasteiger partial charge in [-0.05, 0) is 18.6 Å². The van der Waals surface area contributed by atoms with Gasteiger partial charge < -0.3 is 10.2 Å². The zero-order chi connectivity index (χ0) is 20.2. The molecule has 0 saturated carbocycles. The number of benzene rings is 2. The van der Waals surface area contributed by atoms with Crippen LogP contribution in [0.2, 0.25) is 0 Å². The molecule has 1 N–H and O–H groups in total. The monoisotopic (exact) mass is 385 g/mol. The maximum absolute atomic E-state index is 13.2. The first-order valence-corrected chi connectivity index (χ1v) is 9.89. The van der Waals surface area contributed by atoms with E-state index in [0.29, 0.717) is 25.1 Å². The molecule has 0 fully saturated rings. The first-order valence-electron chi connectivity index (χ1n) is 9.89. The summed E-state index contributed by atoms with van der Waals surface area (Å²) in [5.41, 5.74) is 4.27. The Kier molecular flexibility index (Phi) is 5.30. The van der Waals surface area contributed by atoms with Gasteiger partial charge in [0.2, 0.25) is 0 Å². The zero-order valence-corrected chi connectivity index (χ0v) is 16.4. The highest BCUT2D eigenvalue weighted by atomic mass is 16.2. The number of carbonyl (C=O) groups is 1. The van der Waals surface area contributed by atoms with Crippen molar-refractivity contribution in [2.24, 2.45) is 0 Å². The van der Waals surface area contributed by atoms with E-state index in [9.17, 15) is 4.79 Å². The summed E-state index contributed by atoms with van der Waals surface area (Å²) in [6.07, 6.45) is 2.88. The van der Waals surface area contributed by atoms with E-state index in [1.807, 2.05) is 65.7 Å². The van der Waals surface area contributed by atoms with Crippen LogP contribution in [0.25, 0.3) is 11.3 Å². The predicted octanol–water partition coefficient (Wildman–Crippen LogP) is 4.44. The van der Waals surface area contributed by atoms with Crippen LogP contribution in [0.5, 0.6) is 0 Å². The Morgan fingerprint density at radius 3 is 2.62 bits per heavy atom. The van der Waals surface area contributed by atoms with E-state index < -0.39 is 0 Å². The van der Waals surface area contributed by atoms with Crippen LogP contribution in [0.1, 0.15) is 41.9 Å². The van der Waals surface area contributed by atoms with E-state index in [4.69, 9.17) is 10.4 Å². The van der Waals surface area contributed by atoms with Crippen molar-refractivity contribution in [2.75, 3.05) is 11.9 Å². The van der Waals surface area contributed by atoms with Crippen molar-refractivity contribution in [3.63, 3.8) is 0 Å². The predicted molar refractivity (Wildman–Crippen MR) is 112 cm³/mol. The number of hydrogen-bond acceptors (Lipinski definition) is 4. The summed E-state index contributed by atoms with van der Waals surface area (Å²) in [7, 11) is 0. The molecule has 1 atom stereocenters. The number of hydrogen-bond donors (Lipinski definition) is 1. The molecule has 146 valence electrons. The lowest BCUT2D eigenvalue weighted by molar-refractivity contribution is 0.0683. The van der Waals surface area contributed by atoms with E-state index in [1.165, 1.54) is 0 Å². The molecule has 1 amide bonds. The molecular weight excluding hydrogens is 362 g/mol. The number of rotatable bonds is 6. The van der Waals surface area contributed by atoms with Crippen LogP contribution in [-0.4, -0.2) is 27.1 Å². The minimum Gasteiger partial charge on any atom is -0.361 e. The van der Waals surface area contributed by atoms with Crippen molar-refractivity contribution >= 4 is 11.6 Å². The second kappa shape index (κ2) is 8.19. The smallest absolute Gasteiger partial charge is 0.257 e. The summed E-state index contributed by atoms with van der Waals surface area (Å²) >= 11 is 0. The van der Waals surface area contributed by atoms with E-state index in [1.54, 1.807) is 4.68 Å². The van der Waals surface area contributed by atoms with Gasteiger partial charge in [0, 0.05) is 29.6 Å². The highest BCUT2D eigenvalue weighted by Gasteiger charge is 2.34. The second-order valence-corrected chi connectivity index (χ2v) is 7.06. The minimum absolute atomic E-state index is 0.0231. The SMILES string of the molecule is CCCN1C(=O)c2ccccc2N[C@H]1c1cn(CCC#N)nc1-c1ccccc1. The molecule has 0 unspecified atom stereocenters. The van der Waals surface area contributed by atoms with Gasteiger partial charge in [-0.15, -0.1) is 0 Å². The summed E-state index contributed by atoms with van der Waals surface area (Å²) in [5, 5.41) is 17.3. The lowest BCUT2D eigenvalue weighted by Crippen LogP contribution is -2.43. The van der Waals surface area contributed by atoms with Gasteiger partial charge in [-0.2, -0.15) is 10.4 Å². The lowest BCUT2D eigenvalue weighted by Gasteiger charge is -2.37. The van der Waals surface area contributed by atoms with Crippen LogP contribution in [0.3, 0.4) is 0 Å². The number of nitrogens with one attached hydrogen (secondary N) is 1. The Labute approximate surface area is 170 Å². The third-order valence-corrected chi connectivity index (χ3v) is 5.07. The van der Waals surface area contributed by atoms with Crippen molar-refractivity contribution in [2.45, 2.75) is 32.5 Å². The molecule has 0 aliphatic carbocycles. The molecule has 6 heteroatoms. The topological polar surface area (TPSA) is 74.0 Å². The number of nitriles is 1. The molecule has 1 aromatic heterocycles. The van der Waals surface area contributed by atoms with Gasteiger partial charge in [0.25, 0.3) is 5.91 Å². The molecule has 2 heterocycles. The lowest BCUT2D eigenvalue weighted by atomic mass is 10.0. The number of anilines is 1. The Bertz CT molecular complexity index is 1050. The standard InChI is InChI=1S/C23H23N5O/c1-2-14-28-22(25-20-12-7-6-11-18(20)23(28)29)19-16-27(15-8-13-24)26-21(19)17-9-4-3-5-10-17/h3-7,9-12,16,22,25H,2,8,14-15H2,1H3/t22-/m1/s1. The maximum Gasteiger partial charge on any atom is 0.257 e. The average Bonchev–Trinajstić information content (AvgIpc) is 3.19. The minimum atomic E-state index is -0.316. The molecule has 3 aromatic rings. The fraction of sp³-hybridized carbons (Fsp3) is 0.261. The first-order chi connectivity index (χ1) is 14.2. The third kappa shape index (κ3) is 3.59.